The number of rotatable bonds is 3. The Morgan fingerprint density at radius 2 is 2.17 bits per heavy atom. The van der Waals surface area contributed by atoms with E-state index in [2.05, 4.69) is 18.3 Å². The summed E-state index contributed by atoms with van der Waals surface area (Å²) in [5.41, 5.74) is 9.21. The molecule has 2 aliphatic carbocycles. The Balaban J connectivity index is 1.86. The first-order chi connectivity index (χ1) is 8.65. The van der Waals surface area contributed by atoms with Gasteiger partial charge >= 0.3 is 0 Å². The molecular weight excluding hydrogens is 240 g/mol. The maximum atomic E-state index is 5.83. The van der Waals surface area contributed by atoms with Crippen LogP contribution in [0.2, 0.25) is 0 Å². The summed E-state index contributed by atoms with van der Waals surface area (Å²) in [5.74, 6) is 1.80. The molecule has 3 N–H and O–H groups in total. The van der Waals surface area contributed by atoms with E-state index >= 15 is 0 Å². The Labute approximate surface area is 114 Å². The highest BCUT2D eigenvalue weighted by atomic mass is 32.1. The summed E-state index contributed by atoms with van der Waals surface area (Å²) in [6, 6.07) is 6.79. The largest absolute Gasteiger partial charge is 0.389 e. The van der Waals surface area contributed by atoms with Gasteiger partial charge in [0.2, 0.25) is 0 Å². The minimum absolute atomic E-state index is 0.490. The van der Waals surface area contributed by atoms with Gasteiger partial charge in [-0.05, 0) is 49.7 Å². The van der Waals surface area contributed by atoms with Crippen LogP contribution in [0.5, 0.6) is 0 Å². The highest BCUT2D eigenvalue weighted by Gasteiger charge is 2.39. The van der Waals surface area contributed by atoms with Crippen molar-refractivity contribution >= 4 is 22.9 Å². The molecule has 3 atom stereocenters. The van der Waals surface area contributed by atoms with Crippen LogP contribution in [0.15, 0.2) is 18.2 Å². The van der Waals surface area contributed by atoms with Crippen molar-refractivity contribution in [1.29, 1.82) is 0 Å². The van der Waals surface area contributed by atoms with E-state index < -0.39 is 0 Å². The lowest BCUT2D eigenvalue weighted by atomic mass is 9.94. The third-order valence-corrected chi connectivity index (χ3v) is 4.83. The molecule has 0 radical (unpaired) electrons. The number of nitrogens with one attached hydrogen (secondary N) is 1. The molecular formula is C15H20N2S. The average molecular weight is 260 g/mol. The fraction of sp³-hybridized carbons (Fsp3) is 0.533. The first-order valence-corrected chi connectivity index (χ1v) is 7.22. The van der Waals surface area contributed by atoms with Gasteiger partial charge in [-0.2, -0.15) is 0 Å². The highest BCUT2D eigenvalue weighted by molar-refractivity contribution is 7.80. The summed E-state index contributed by atoms with van der Waals surface area (Å²) in [4.78, 5) is 0.490. The van der Waals surface area contributed by atoms with E-state index in [1.165, 1.54) is 31.2 Å². The van der Waals surface area contributed by atoms with Crippen LogP contribution in [-0.4, -0.2) is 11.0 Å². The van der Waals surface area contributed by atoms with Gasteiger partial charge in [-0.15, -0.1) is 0 Å². The summed E-state index contributed by atoms with van der Waals surface area (Å²) in [5, 5.41) is 3.72. The van der Waals surface area contributed by atoms with Crippen molar-refractivity contribution in [1.82, 2.24) is 0 Å². The molecule has 3 heteroatoms. The second kappa shape index (κ2) is 4.54. The van der Waals surface area contributed by atoms with Crippen LogP contribution in [0, 0.1) is 18.8 Å². The van der Waals surface area contributed by atoms with Crippen LogP contribution in [0.4, 0.5) is 5.69 Å². The Morgan fingerprint density at radius 3 is 2.78 bits per heavy atom. The van der Waals surface area contributed by atoms with Crippen LogP contribution < -0.4 is 11.1 Å². The lowest BCUT2D eigenvalue weighted by Gasteiger charge is -2.26. The predicted octanol–water partition coefficient (Wildman–Crippen LogP) is 3.23. The second-order valence-corrected chi connectivity index (χ2v) is 6.23. The van der Waals surface area contributed by atoms with Crippen LogP contribution in [0.3, 0.4) is 0 Å². The Morgan fingerprint density at radius 1 is 1.33 bits per heavy atom. The lowest BCUT2D eigenvalue weighted by molar-refractivity contribution is 0.439. The van der Waals surface area contributed by atoms with E-state index in [9.17, 15) is 0 Å². The zero-order chi connectivity index (χ0) is 12.7. The van der Waals surface area contributed by atoms with E-state index in [1.807, 2.05) is 12.1 Å². The number of anilines is 1. The van der Waals surface area contributed by atoms with Crippen LogP contribution in [0.1, 0.15) is 36.8 Å². The second-order valence-electron chi connectivity index (χ2n) is 5.79. The van der Waals surface area contributed by atoms with Crippen LogP contribution >= 0.6 is 12.2 Å². The van der Waals surface area contributed by atoms with Crippen LogP contribution in [0.25, 0.3) is 0 Å². The number of benzene rings is 1. The molecule has 96 valence electrons. The summed E-state index contributed by atoms with van der Waals surface area (Å²) < 4.78 is 0. The maximum absolute atomic E-state index is 5.83. The average Bonchev–Trinajstić information content (AvgIpc) is 2.93. The number of thiocarbonyl (C=S) groups is 1. The number of fused-ring (bicyclic) bond motifs is 2. The smallest absolute Gasteiger partial charge is 0.106 e. The van der Waals surface area contributed by atoms with Gasteiger partial charge in [0, 0.05) is 17.3 Å². The highest BCUT2D eigenvalue weighted by Crippen LogP contribution is 2.45. The minimum atomic E-state index is 0.490. The van der Waals surface area contributed by atoms with Gasteiger partial charge in [0.05, 0.1) is 0 Å². The normalized spacial score (nSPS) is 29.5. The molecule has 3 rings (SSSR count). The van der Waals surface area contributed by atoms with Crippen molar-refractivity contribution in [2.45, 2.75) is 38.6 Å². The minimum Gasteiger partial charge on any atom is -0.389 e. The molecule has 18 heavy (non-hydrogen) atoms. The number of aryl methyl sites for hydroxylation is 1. The van der Waals surface area contributed by atoms with Gasteiger partial charge in [0.15, 0.2) is 0 Å². The number of nitrogens with two attached hydrogens (primary N) is 1. The predicted molar refractivity (Wildman–Crippen MR) is 79.9 cm³/mol. The van der Waals surface area contributed by atoms with Crippen molar-refractivity contribution in [3.63, 3.8) is 0 Å². The zero-order valence-electron chi connectivity index (χ0n) is 10.8. The Bertz CT molecular complexity index is 483. The molecule has 0 spiro atoms. The fourth-order valence-corrected chi connectivity index (χ4v) is 3.84. The summed E-state index contributed by atoms with van der Waals surface area (Å²) in [6.07, 6.45) is 5.54. The van der Waals surface area contributed by atoms with Gasteiger partial charge in [0.25, 0.3) is 0 Å². The standard InChI is InChI=1S/C15H20N2S/c1-9-3-2-4-12(15(16)18)14(9)17-13-8-10-5-6-11(13)7-10/h2-4,10-11,13,17H,5-8H2,1H3,(H2,16,18). The number of hydrogen-bond acceptors (Lipinski definition) is 2. The molecule has 0 aromatic heterocycles. The molecule has 2 nitrogen and oxygen atoms in total. The van der Waals surface area contributed by atoms with Crippen LogP contribution in [-0.2, 0) is 0 Å². The maximum Gasteiger partial charge on any atom is 0.106 e. The molecule has 2 aliphatic rings. The molecule has 1 aromatic rings. The third-order valence-electron chi connectivity index (χ3n) is 4.61. The van der Waals surface area contributed by atoms with Crippen molar-refractivity contribution in [3.8, 4) is 0 Å². The van der Waals surface area contributed by atoms with Crippen molar-refractivity contribution in [3.05, 3.63) is 29.3 Å². The third kappa shape index (κ3) is 2.01. The zero-order valence-corrected chi connectivity index (χ0v) is 11.6. The lowest BCUT2D eigenvalue weighted by Crippen LogP contribution is -2.27. The van der Waals surface area contributed by atoms with E-state index in [-0.39, 0.29) is 0 Å². The molecule has 0 heterocycles. The molecule has 2 fully saturated rings. The molecule has 0 saturated heterocycles. The van der Waals surface area contributed by atoms with E-state index in [0.29, 0.717) is 11.0 Å². The molecule has 2 saturated carbocycles. The monoisotopic (exact) mass is 260 g/mol. The molecule has 1 aromatic carbocycles. The first kappa shape index (κ1) is 12.0. The van der Waals surface area contributed by atoms with Gasteiger partial charge in [-0.3, -0.25) is 0 Å². The summed E-state index contributed by atoms with van der Waals surface area (Å²) in [7, 11) is 0. The number of hydrogen-bond donors (Lipinski definition) is 2. The quantitative estimate of drug-likeness (QED) is 0.819. The van der Waals surface area contributed by atoms with Gasteiger partial charge in [0.1, 0.15) is 4.99 Å². The van der Waals surface area contributed by atoms with Gasteiger partial charge in [-0.1, -0.05) is 30.8 Å². The Hall–Kier alpha value is -1.09. The van der Waals surface area contributed by atoms with Crippen molar-refractivity contribution in [2.24, 2.45) is 17.6 Å². The van der Waals surface area contributed by atoms with Gasteiger partial charge in [-0.25, -0.2) is 0 Å². The van der Waals surface area contributed by atoms with E-state index in [0.717, 1.165) is 23.1 Å². The first-order valence-electron chi connectivity index (χ1n) is 6.81. The van der Waals surface area contributed by atoms with E-state index in [4.69, 9.17) is 18.0 Å². The summed E-state index contributed by atoms with van der Waals surface area (Å²) >= 11 is 5.15. The van der Waals surface area contributed by atoms with Crippen molar-refractivity contribution < 1.29 is 0 Å². The summed E-state index contributed by atoms with van der Waals surface area (Å²) in [6.45, 7) is 2.12. The van der Waals surface area contributed by atoms with Crippen molar-refractivity contribution in [2.75, 3.05) is 5.32 Å². The van der Waals surface area contributed by atoms with Gasteiger partial charge < -0.3 is 11.1 Å². The molecule has 0 aliphatic heterocycles. The van der Waals surface area contributed by atoms with E-state index in [1.54, 1.807) is 0 Å². The number of para-hydroxylation sites is 1. The topological polar surface area (TPSA) is 38.0 Å². The Kier molecular flexibility index (Phi) is 3.02. The fourth-order valence-electron chi connectivity index (χ4n) is 3.67. The SMILES string of the molecule is Cc1cccc(C(N)=S)c1NC1CC2CCC1C2. The molecule has 3 unspecified atom stereocenters. The molecule has 0 amide bonds. The molecule has 2 bridgehead atoms.